The van der Waals surface area contributed by atoms with Gasteiger partial charge in [0.1, 0.15) is 11.6 Å². The first-order chi connectivity index (χ1) is 15.3. The van der Waals surface area contributed by atoms with Crippen LogP contribution in [0.5, 0.6) is 5.75 Å². The first-order valence-corrected chi connectivity index (χ1v) is 11.4. The molecule has 174 valence electrons. The summed E-state index contributed by atoms with van der Waals surface area (Å²) < 4.78 is 31.4. The molecule has 1 fully saturated rings. The number of hydrogen-bond donors (Lipinski definition) is 1. The van der Waals surface area contributed by atoms with Crippen LogP contribution >= 0.6 is 0 Å². The lowest BCUT2D eigenvalue weighted by atomic mass is 9.92. The van der Waals surface area contributed by atoms with Gasteiger partial charge in [0.15, 0.2) is 5.79 Å². The summed E-state index contributed by atoms with van der Waals surface area (Å²) in [6.07, 6.45) is 1.85. The number of methoxy groups -OCH3 is 1. The van der Waals surface area contributed by atoms with Crippen LogP contribution in [0.15, 0.2) is 42.5 Å². The Labute approximate surface area is 190 Å². The van der Waals surface area contributed by atoms with E-state index < -0.39 is 11.9 Å². The van der Waals surface area contributed by atoms with E-state index in [2.05, 4.69) is 18.7 Å². The predicted molar refractivity (Wildman–Crippen MR) is 121 cm³/mol. The van der Waals surface area contributed by atoms with Crippen LogP contribution < -0.4 is 4.74 Å². The van der Waals surface area contributed by atoms with Crippen molar-refractivity contribution in [2.45, 2.75) is 45.0 Å². The molecule has 32 heavy (non-hydrogen) atoms. The second-order valence-corrected chi connectivity index (χ2v) is 9.74. The highest BCUT2D eigenvalue weighted by Gasteiger charge is 2.41. The van der Waals surface area contributed by atoms with Gasteiger partial charge in [-0.1, -0.05) is 32.0 Å². The molecule has 2 aromatic rings. The van der Waals surface area contributed by atoms with Gasteiger partial charge in [0.2, 0.25) is 0 Å². The third-order valence-electron chi connectivity index (χ3n) is 6.49. The molecule has 0 bridgehead atoms. The van der Waals surface area contributed by atoms with E-state index in [1.54, 1.807) is 19.2 Å². The van der Waals surface area contributed by atoms with Gasteiger partial charge in [-0.3, -0.25) is 0 Å². The summed E-state index contributed by atoms with van der Waals surface area (Å²) in [4.78, 5) is 2.29. The van der Waals surface area contributed by atoms with E-state index in [9.17, 15) is 9.50 Å². The van der Waals surface area contributed by atoms with E-state index >= 15 is 0 Å². The fraction of sp³-hybridized carbons (Fsp3) is 0.538. The third-order valence-corrected chi connectivity index (χ3v) is 6.49. The Morgan fingerprint density at radius 2 is 1.84 bits per heavy atom. The number of β-amino-alcohol motifs (C(OH)–C–C–N with tert-alkyl or cyclic N) is 1. The zero-order chi connectivity index (χ0) is 22.8. The monoisotopic (exact) mass is 443 g/mol. The lowest BCUT2D eigenvalue weighted by Gasteiger charge is -2.44. The SMILES string of the molecule is COc1ccc2c(c1)CCN(CCCC1(c3ccc(F)cc3)OCC(C)(C)CO1)CC2O. The Morgan fingerprint density at radius 3 is 2.53 bits per heavy atom. The van der Waals surface area contributed by atoms with Gasteiger partial charge in [0, 0.05) is 30.5 Å². The van der Waals surface area contributed by atoms with E-state index in [0.717, 1.165) is 48.4 Å². The van der Waals surface area contributed by atoms with E-state index in [1.165, 1.54) is 12.1 Å². The molecule has 0 amide bonds. The van der Waals surface area contributed by atoms with Crippen LogP contribution in [0.2, 0.25) is 0 Å². The summed E-state index contributed by atoms with van der Waals surface area (Å²) >= 11 is 0. The number of benzene rings is 2. The maximum atomic E-state index is 13.5. The van der Waals surface area contributed by atoms with Crippen LogP contribution in [-0.2, 0) is 21.7 Å². The van der Waals surface area contributed by atoms with Gasteiger partial charge in [-0.2, -0.15) is 0 Å². The average Bonchev–Trinajstić information content (AvgIpc) is 2.94. The van der Waals surface area contributed by atoms with Crippen molar-refractivity contribution in [2.75, 3.05) is 40.0 Å². The molecule has 0 radical (unpaired) electrons. The van der Waals surface area contributed by atoms with E-state index in [1.807, 2.05) is 18.2 Å². The minimum absolute atomic E-state index is 0.0503. The van der Waals surface area contributed by atoms with Crippen LogP contribution in [-0.4, -0.2) is 50.0 Å². The van der Waals surface area contributed by atoms with Gasteiger partial charge in [0.25, 0.3) is 0 Å². The van der Waals surface area contributed by atoms with Crippen molar-refractivity contribution in [3.05, 3.63) is 65.0 Å². The van der Waals surface area contributed by atoms with Crippen molar-refractivity contribution in [3.63, 3.8) is 0 Å². The molecule has 0 aromatic heterocycles. The molecule has 1 unspecified atom stereocenters. The van der Waals surface area contributed by atoms with Crippen LogP contribution in [0.4, 0.5) is 4.39 Å². The standard InChI is InChI=1S/C26H34FNO4/c1-25(2)17-31-26(32-18-25,20-5-7-21(27)8-6-20)12-4-13-28-14-11-19-15-22(30-3)9-10-23(19)24(29)16-28/h5-10,15,24,29H,4,11-14,16-18H2,1-3H3. The Morgan fingerprint density at radius 1 is 1.12 bits per heavy atom. The molecule has 4 rings (SSSR count). The summed E-state index contributed by atoms with van der Waals surface area (Å²) in [7, 11) is 1.66. The fourth-order valence-electron chi connectivity index (χ4n) is 4.57. The first kappa shape index (κ1) is 23.2. The minimum atomic E-state index is -0.857. The molecule has 2 aliphatic heterocycles. The number of nitrogens with zero attached hydrogens (tertiary/aromatic N) is 1. The van der Waals surface area contributed by atoms with Crippen molar-refractivity contribution in [2.24, 2.45) is 5.41 Å². The lowest BCUT2D eigenvalue weighted by Crippen LogP contribution is -2.46. The van der Waals surface area contributed by atoms with Crippen LogP contribution in [0, 0.1) is 11.2 Å². The number of halogens is 1. The smallest absolute Gasteiger partial charge is 0.194 e. The van der Waals surface area contributed by atoms with Gasteiger partial charge in [0.05, 0.1) is 26.4 Å². The lowest BCUT2D eigenvalue weighted by molar-refractivity contribution is -0.311. The fourth-order valence-corrected chi connectivity index (χ4v) is 4.57. The van der Waals surface area contributed by atoms with Crippen LogP contribution in [0.3, 0.4) is 0 Å². The van der Waals surface area contributed by atoms with E-state index in [0.29, 0.717) is 26.2 Å². The van der Waals surface area contributed by atoms with Gasteiger partial charge >= 0.3 is 0 Å². The summed E-state index contributed by atoms with van der Waals surface area (Å²) in [5, 5.41) is 10.8. The molecular weight excluding hydrogens is 409 g/mol. The maximum absolute atomic E-state index is 13.5. The number of fused-ring (bicyclic) bond motifs is 1. The topological polar surface area (TPSA) is 51.2 Å². The van der Waals surface area contributed by atoms with Gasteiger partial charge < -0.3 is 24.2 Å². The molecule has 0 aliphatic carbocycles. The minimum Gasteiger partial charge on any atom is -0.497 e. The van der Waals surface area contributed by atoms with Crippen LogP contribution in [0.1, 0.15) is 49.5 Å². The molecule has 1 N–H and O–H groups in total. The highest BCUT2D eigenvalue weighted by molar-refractivity contribution is 5.38. The highest BCUT2D eigenvalue weighted by atomic mass is 19.1. The Bertz CT molecular complexity index is 905. The molecule has 0 spiro atoms. The van der Waals surface area contributed by atoms with Crippen molar-refractivity contribution in [1.82, 2.24) is 4.90 Å². The van der Waals surface area contributed by atoms with Crippen molar-refractivity contribution in [3.8, 4) is 5.75 Å². The van der Waals surface area contributed by atoms with Crippen molar-refractivity contribution < 1.29 is 23.7 Å². The highest BCUT2D eigenvalue weighted by Crippen LogP contribution is 2.40. The number of hydrogen-bond acceptors (Lipinski definition) is 5. The average molecular weight is 444 g/mol. The number of ether oxygens (including phenoxy) is 3. The number of rotatable bonds is 6. The Kier molecular flexibility index (Phi) is 6.86. The summed E-state index contributed by atoms with van der Waals surface area (Å²) in [6, 6.07) is 12.3. The van der Waals surface area contributed by atoms with Gasteiger partial charge in [-0.15, -0.1) is 0 Å². The quantitative estimate of drug-likeness (QED) is 0.716. The molecule has 5 nitrogen and oxygen atoms in total. The van der Waals surface area contributed by atoms with Gasteiger partial charge in [-0.05, 0) is 54.8 Å². The molecule has 6 heteroatoms. The summed E-state index contributed by atoms with van der Waals surface area (Å²) in [5.41, 5.74) is 2.93. The number of aliphatic hydroxyl groups excluding tert-OH is 1. The zero-order valence-electron chi connectivity index (χ0n) is 19.3. The maximum Gasteiger partial charge on any atom is 0.194 e. The molecule has 0 saturated carbocycles. The second-order valence-electron chi connectivity index (χ2n) is 9.74. The Balaban J connectivity index is 1.41. The first-order valence-electron chi connectivity index (χ1n) is 11.4. The normalized spacial score (nSPS) is 22.7. The molecule has 2 aliphatic rings. The van der Waals surface area contributed by atoms with Crippen LogP contribution in [0.25, 0.3) is 0 Å². The number of aliphatic hydroxyl groups is 1. The third kappa shape index (κ3) is 5.15. The largest absolute Gasteiger partial charge is 0.497 e. The Hall–Kier alpha value is -1.99. The van der Waals surface area contributed by atoms with Crippen molar-refractivity contribution in [1.29, 1.82) is 0 Å². The van der Waals surface area contributed by atoms with E-state index in [-0.39, 0.29) is 11.2 Å². The molecular formula is C26H34FNO4. The van der Waals surface area contributed by atoms with Crippen molar-refractivity contribution >= 4 is 0 Å². The molecule has 2 heterocycles. The molecule has 2 aromatic carbocycles. The molecule has 1 saturated heterocycles. The molecule has 1 atom stereocenters. The predicted octanol–water partition coefficient (Wildman–Crippen LogP) is 4.43. The second kappa shape index (κ2) is 9.48. The van der Waals surface area contributed by atoms with Gasteiger partial charge in [-0.25, -0.2) is 4.39 Å². The summed E-state index contributed by atoms with van der Waals surface area (Å²) in [5.74, 6) is -0.306. The summed E-state index contributed by atoms with van der Waals surface area (Å²) in [6.45, 7) is 7.70. The zero-order valence-corrected chi connectivity index (χ0v) is 19.3. The van der Waals surface area contributed by atoms with E-state index in [4.69, 9.17) is 14.2 Å².